The summed E-state index contributed by atoms with van der Waals surface area (Å²) in [5.41, 5.74) is 3.42. The van der Waals surface area contributed by atoms with E-state index in [-0.39, 0.29) is 43.7 Å². The molecule has 4 amide bonds. The normalized spacial score (nSPS) is 15.3. The van der Waals surface area contributed by atoms with E-state index < -0.39 is 42.1 Å². The number of rotatable bonds is 19. The van der Waals surface area contributed by atoms with Crippen LogP contribution in [0, 0.1) is 5.92 Å². The van der Waals surface area contributed by atoms with Crippen molar-refractivity contribution in [2.24, 2.45) is 5.92 Å². The molecule has 61 heavy (non-hydrogen) atoms. The first kappa shape index (κ1) is 44.4. The standard InChI is InChI=1S/C49H58N6O6/c1-34(2)28-42(45(56)31-46(57)51-39-23-26-55(27-24-39)32-35-14-5-3-6-15-35)52-48(59)44(30-40-21-11-12-25-50-40)53-47(58)43(54-49(60)61-33-36-16-7-4-8-17-36)29-38-20-13-19-37-18-9-10-22-41(37)38/h3-22,25,34,39,42-45,56H,23-24,26-33H2,1-2H3,(H,51,57)(H,52,59)(H,53,58)(H,54,60)/t42-,43-,44?,45-/m0/s1. The van der Waals surface area contributed by atoms with Gasteiger partial charge in [0, 0.05) is 50.4 Å². The highest BCUT2D eigenvalue weighted by molar-refractivity contribution is 5.93. The Kier molecular flexibility index (Phi) is 16.4. The summed E-state index contributed by atoms with van der Waals surface area (Å²) >= 11 is 0. The van der Waals surface area contributed by atoms with Crippen LogP contribution in [0.3, 0.4) is 0 Å². The number of fused-ring (bicyclic) bond motifs is 1. The molecule has 0 saturated carbocycles. The van der Waals surface area contributed by atoms with Crippen LogP contribution < -0.4 is 21.3 Å². The van der Waals surface area contributed by atoms with Crippen molar-refractivity contribution in [2.75, 3.05) is 13.1 Å². The third-order valence-corrected chi connectivity index (χ3v) is 11.0. The number of ether oxygens (including phenoxy) is 1. The van der Waals surface area contributed by atoms with E-state index in [0.717, 1.165) is 54.4 Å². The van der Waals surface area contributed by atoms with E-state index in [1.54, 1.807) is 24.4 Å². The van der Waals surface area contributed by atoms with Crippen molar-refractivity contribution in [1.29, 1.82) is 0 Å². The minimum Gasteiger partial charge on any atom is -0.445 e. The van der Waals surface area contributed by atoms with Crippen LogP contribution in [0.2, 0.25) is 0 Å². The summed E-state index contributed by atoms with van der Waals surface area (Å²) in [5, 5.41) is 25.1. The van der Waals surface area contributed by atoms with Crippen molar-refractivity contribution < 1.29 is 29.0 Å². The lowest BCUT2D eigenvalue weighted by molar-refractivity contribution is -0.131. The molecule has 12 heteroatoms. The second kappa shape index (κ2) is 22.5. The number of piperidine rings is 1. The highest BCUT2D eigenvalue weighted by atomic mass is 16.5. The quantitative estimate of drug-likeness (QED) is 0.0692. The number of benzene rings is 4. The number of aromatic nitrogens is 1. The van der Waals surface area contributed by atoms with Gasteiger partial charge in [-0.05, 0) is 64.8 Å². The van der Waals surface area contributed by atoms with Crippen LogP contribution in [-0.2, 0) is 45.1 Å². The number of aliphatic hydroxyl groups is 1. The molecule has 1 fully saturated rings. The number of nitrogens with one attached hydrogen (secondary N) is 4. The Morgan fingerprint density at radius 1 is 0.738 bits per heavy atom. The zero-order valence-electron chi connectivity index (χ0n) is 35.0. The van der Waals surface area contributed by atoms with Gasteiger partial charge in [-0.25, -0.2) is 4.79 Å². The zero-order chi connectivity index (χ0) is 43.0. The number of carbonyl (C=O) groups is 4. The van der Waals surface area contributed by atoms with Gasteiger partial charge in [-0.15, -0.1) is 0 Å². The maximum Gasteiger partial charge on any atom is 0.408 e. The molecule has 4 aromatic carbocycles. The second-order valence-corrected chi connectivity index (χ2v) is 16.3. The molecule has 12 nitrogen and oxygen atoms in total. The average Bonchev–Trinajstić information content (AvgIpc) is 3.26. The van der Waals surface area contributed by atoms with E-state index in [4.69, 9.17) is 4.74 Å². The molecule has 0 radical (unpaired) electrons. The molecule has 1 unspecified atom stereocenters. The van der Waals surface area contributed by atoms with E-state index in [2.05, 4.69) is 43.3 Å². The predicted molar refractivity (Wildman–Crippen MR) is 236 cm³/mol. The van der Waals surface area contributed by atoms with Gasteiger partial charge < -0.3 is 31.1 Å². The summed E-state index contributed by atoms with van der Waals surface area (Å²) < 4.78 is 5.52. The van der Waals surface area contributed by atoms with E-state index in [1.807, 2.05) is 105 Å². The van der Waals surface area contributed by atoms with Gasteiger partial charge in [-0.2, -0.15) is 0 Å². The first-order valence-electron chi connectivity index (χ1n) is 21.3. The average molecular weight is 827 g/mol. The maximum absolute atomic E-state index is 14.4. The lowest BCUT2D eigenvalue weighted by Gasteiger charge is -2.33. The number of carbonyl (C=O) groups excluding carboxylic acids is 4. The molecule has 0 bridgehead atoms. The molecule has 0 aliphatic carbocycles. The highest BCUT2D eigenvalue weighted by Gasteiger charge is 2.32. The minimum absolute atomic E-state index is 0.00555. The number of pyridine rings is 1. The summed E-state index contributed by atoms with van der Waals surface area (Å²) in [6, 6.07) is 35.4. The van der Waals surface area contributed by atoms with Gasteiger partial charge in [-0.3, -0.25) is 24.3 Å². The Labute approximate surface area is 358 Å². The van der Waals surface area contributed by atoms with Gasteiger partial charge in [-0.1, -0.05) is 123 Å². The Balaban J connectivity index is 1.13. The number of aliphatic hydroxyl groups excluding tert-OH is 1. The van der Waals surface area contributed by atoms with E-state index >= 15 is 0 Å². The van der Waals surface area contributed by atoms with Crippen LogP contribution >= 0.6 is 0 Å². The Hall–Kier alpha value is -6.11. The highest BCUT2D eigenvalue weighted by Crippen LogP contribution is 2.21. The number of nitrogens with zero attached hydrogens (tertiary/aromatic N) is 2. The Morgan fingerprint density at radius 2 is 1.38 bits per heavy atom. The molecular formula is C49H58N6O6. The third kappa shape index (κ3) is 14.0. The smallest absolute Gasteiger partial charge is 0.408 e. The molecule has 1 saturated heterocycles. The lowest BCUT2D eigenvalue weighted by Crippen LogP contribution is -2.57. The summed E-state index contributed by atoms with van der Waals surface area (Å²) in [4.78, 5) is 62.0. The van der Waals surface area contributed by atoms with Gasteiger partial charge in [0.1, 0.15) is 18.7 Å². The van der Waals surface area contributed by atoms with Crippen LogP contribution in [0.5, 0.6) is 0 Å². The molecule has 1 aliphatic heterocycles. The summed E-state index contributed by atoms with van der Waals surface area (Å²) in [7, 11) is 0. The number of likely N-dealkylation sites (tertiary alicyclic amines) is 1. The number of alkyl carbamates (subject to hydrolysis) is 1. The number of amides is 4. The molecule has 2 heterocycles. The van der Waals surface area contributed by atoms with Crippen molar-refractivity contribution >= 4 is 34.6 Å². The first-order chi connectivity index (χ1) is 29.6. The first-order valence-corrected chi connectivity index (χ1v) is 21.3. The molecule has 1 aromatic heterocycles. The number of hydrogen-bond donors (Lipinski definition) is 5. The van der Waals surface area contributed by atoms with Gasteiger partial charge in [0.05, 0.1) is 18.6 Å². The SMILES string of the molecule is CC(C)C[C@H](NC(=O)C(Cc1ccccn1)NC(=O)[C@H](Cc1cccc2ccccc12)NC(=O)OCc1ccccc1)[C@@H](O)CC(=O)NC1CCN(Cc2ccccc2)CC1. The second-order valence-electron chi connectivity index (χ2n) is 16.3. The minimum atomic E-state index is -1.18. The van der Waals surface area contributed by atoms with Crippen molar-refractivity contribution in [3.8, 4) is 0 Å². The zero-order valence-corrected chi connectivity index (χ0v) is 35.0. The largest absolute Gasteiger partial charge is 0.445 e. The molecule has 4 atom stereocenters. The molecule has 320 valence electrons. The molecule has 1 aliphatic rings. The Morgan fingerprint density at radius 3 is 2.08 bits per heavy atom. The molecular weight excluding hydrogens is 769 g/mol. The molecule has 0 spiro atoms. The van der Waals surface area contributed by atoms with Gasteiger partial charge in [0.15, 0.2) is 0 Å². The van der Waals surface area contributed by atoms with Crippen LogP contribution in [0.1, 0.15) is 61.9 Å². The predicted octanol–water partition coefficient (Wildman–Crippen LogP) is 5.86. The van der Waals surface area contributed by atoms with Crippen molar-refractivity contribution in [1.82, 2.24) is 31.2 Å². The molecule has 6 rings (SSSR count). The van der Waals surface area contributed by atoms with Crippen molar-refractivity contribution in [3.05, 3.63) is 150 Å². The summed E-state index contributed by atoms with van der Waals surface area (Å²) in [6.45, 7) is 6.52. The van der Waals surface area contributed by atoms with Crippen molar-refractivity contribution in [2.45, 2.75) is 95.8 Å². The molecule has 5 aromatic rings. The van der Waals surface area contributed by atoms with E-state index in [0.29, 0.717) is 12.1 Å². The van der Waals surface area contributed by atoms with E-state index in [9.17, 15) is 24.3 Å². The number of hydrogen-bond acceptors (Lipinski definition) is 8. The lowest BCUT2D eigenvalue weighted by atomic mass is 9.95. The van der Waals surface area contributed by atoms with Gasteiger partial charge >= 0.3 is 6.09 Å². The summed E-state index contributed by atoms with van der Waals surface area (Å²) in [6.07, 6.45) is 1.58. The summed E-state index contributed by atoms with van der Waals surface area (Å²) in [5.74, 6) is -1.37. The fourth-order valence-corrected chi connectivity index (χ4v) is 7.82. The van der Waals surface area contributed by atoms with Gasteiger partial charge in [0.25, 0.3) is 0 Å². The van der Waals surface area contributed by atoms with E-state index in [1.165, 1.54) is 5.56 Å². The van der Waals surface area contributed by atoms with Crippen molar-refractivity contribution in [3.63, 3.8) is 0 Å². The maximum atomic E-state index is 14.4. The Bertz CT molecular complexity index is 2160. The molecule has 5 N–H and O–H groups in total. The van der Waals surface area contributed by atoms with Crippen LogP contribution in [0.15, 0.2) is 128 Å². The third-order valence-electron chi connectivity index (χ3n) is 11.0. The van der Waals surface area contributed by atoms with Gasteiger partial charge in [0.2, 0.25) is 17.7 Å². The monoisotopic (exact) mass is 826 g/mol. The van der Waals surface area contributed by atoms with Crippen LogP contribution in [-0.4, -0.2) is 82.2 Å². The fraction of sp³-hybridized carbons (Fsp3) is 0.367. The van der Waals surface area contributed by atoms with Crippen LogP contribution in [0.4, 0.5) is 4.79 Å². The topological polar surface area (TPSA) is 162 Å². The fourth-order valence-electron chi connectivity index (χ4n) is 7.82. The van der Waals surface area contributed by atoms with Crippen LogP contribution in [0.25, 0.3) is 10.8 Å².